The average molecular weight is 326 g/mol. The van der Waals surface area contributed by atoms with E-state index in [1.165, 1.54) is 25.9 Å². The van der Waals surface area contributed by atoms with Gasteiger partial charge in [0.1, 0.15) is 5.75 Å². The lowest BCUT2D eigenvalue weighted by atomic mass is 10.0. The summed E-state index contributed by atoms with van der Waals surface area (Å²) in [7, 11) is 1.64. The molecule has 1 aromatic carbocycles. The zero-order chi connectivity index (χ0) is 16.8. The van der Waals surface area contributed by atoms with E-state index in [0.717, 1.165) is 42.1 Å². The van der Waals surface area contributed by atoms with Crippen molar-refractivity contribution in [3.8, 4) is 22.8 Å². The van der Waals surface area contributed by atoms with E-state index >= 15 is 0 Å². The second kappa shape index (κ2) is 8.15. The van der Waals surface area contributed by atoms with Gasteiger partial charge in [-0.05, 0) is 63.0 Å². The van der Waals surface area contributed by atoms with Crippen LogP contribution in [0.1, 0.15) is 25.0 Å². The topological polar surface area (TPSA) is 34.6 Å². The molecular weight excluding hydrogens is 300 g/mol. The van der Waals surface area contributed by atoms with Crippen LogP contribution in [-0.2, 0) is 0 Å². The molecule has 1 fully saturated rings. The molecule has 0 amide bonds. The lowest BCUT2D eigenvalue weighted by molar-refractivity contribution is 0.263. The quantitative estimate of drug-likeness (QED) is 0.722. The summed E-state index contributed by atoms with van der Waals surface area (Å²) >= 11 is 0. The minimum atomic E-state index is 0.647. The molecule has 4 heteroatoms. The summed E-state index contributed by atoms with van der Waals surface area (Å²) in [5.41, 5.74) is 3.23. The van der Waals surface area contributed by atoms with Crippen molar-refractivity contribution < 1.29 is 9.47 Å². The molecule has 1 aliphatic heterocycles. The van der Waals surface area contributed by atoms with Crippen molar-refractivity contribution in [2.24, 2.45) is 0 Å². The highest BCUT2D eigenvalue weighted by Gasteiger charge is 2.10. The van der Waals surface area contributed by atoms with E-state index < -0.39 is 0 Å². The van der Waals surface area contributed by atoms with Crippen molar-refractivity contribution in [3.05, 3.63) is 42.1 Å². The standard InChI is InChI=1S/C20H26N2O2/c1-16-19(10-11-20(21-16)23-2)17-6-8-18(9-7-17)24-15-5-14-22-12-3-4-13-22/h6-11H,3-5,12-15H2,1-2H3. The summed E-state index contributed by atoms with van der Waals surface area (Å²) in [5.74, 6) is 1.58. The lowest BCUT2D eigenvalue weighted by Gasteiger charge is -2.14. The predicted molar refractivity (Wildman–Crippen MR) is 96.7 cm³/mol. The summed E-state index contributed by atoms with van der Waals surface area (Å²) in [6, 6.07) is 12.2. The maximum atomic E-state index is 5.86. The Labute approximate surface area is 144 Å². The summed E-state index contributed by atoms with van der Waals surface area (Å²) in [6.07, 6.45) is 3.78. The highest BCUT2D eigenvalue weighted by atomic mass is 16.5. The zero-order valence-electron chi connectivity index (χ0n) is 14.6. The summed E-state index contributed by atoms with van der Waals surface area (Å²) < 4.78 is 11.0. The van der Waals surface area contributed by atoms with Crippen LogP contribution in [0.5, 0.6) is 11.6 Å². The molecule has 0 saturated carbocycles. The molecule has 2 aromatic rings. The molecule has 2 heterocycles. The molecule has 4 nitrogen and oxygen atoms in total. The van der Waals surface area contributed by atoms with E-state index in [9.17, 15) is 0 Å². The monoisotopic (exact) mass is 326 g/mol. The Morgan fingerprint density at radius 3 is 2.46 bits per heavy atom. The summed E-state index contributed by atoms with van der Waals surface area (Å²) in [5, 5.41) is 0. The van der Waals surface area contributed by atoms with Crippen LogP contribution in [0, 0.1) is 6.92 Å². The molecule has 0 atom stereocenters. The number of aryl methyl sites for hydroxylation is 1. The second-order valence-electron chi connectivity index (χ2n) is 6.26. The van der Waals surface area contributed by atoms with E-state index in [-0.39, 0.29) is 0 Å². The molecule has 0 unspecified atom stereocenters. The first-order valence-corrected chi connectivity index (χ1v) is 8.73. The van der Waals surface area contributed by atoms with E-state index in [0.29, 0.717) is 5.88 Å². The molecule has 24 heavy (non-hydrogen) atoms. The van der Waals surface area contributed by atoms with Crippen LogP contribution >= 0.6 is 0 Å². The van der Waals surface area contributed by atoms with Crippen LogP contribution in [0.25, 0.3) is 11.1 Å². The fourth-order valence-corrected chi connectivity index (χ4v) is 3.17. The van der Waals surface area contributed by atoms with Gasteiger partial charge >= 0.3 is 0 Å². The van der Waals surface area contributed by atoms with E-state index in [2.05, 4.69) is 22.0 Å². The summed E-state index contributed by atoms with van der Waals surface area (Å²) in [4.78, 5) is 6.95. The lowest BCUT2D eigenvalue weighted by Crippen LogP contribution is -2.21. The Morgan fingerprint density at radius 1 is 1.04 bits per heavy atom. The predicted octanol–water partition coefficient (Wildman–Crippen LogP) is 3.93. The molecule has 0 aliphatic carbocycles. The second-order valence-corrected chi connectivity index (χ2v) is 6.26. The van der Waals surface area contributed by atoms with Crippen molar-refractivity contribution >= 4 is 0 Å². The first-order valence-electron chi connectivity index (χ1n) is 8.73. The number of ether oxygens (including phenoxy) is 2. The van der Waals surface area contributed by atoms with Gasteiger partial charge in [0.25, 0.3) is 0 Å². The summed E-state index contributed by atoms with van der Waals surface area (Å²) in [6.45, 7) is 6.43. The molecule has 0 N–H and O–H groups in total. The highest BCUT2D eigenvalue weighted by molar-refractivity contribution is 5.66. The Bertz CT molecular complexity index is 649. The molecule has 0 bridgehead atoms. The molecule has 1 saturated heterocycles. The Balaban J connectivity index is 1.53. The van der Waals surface area contributed by atoms with Gasteiger partial charge in [0, 0.05) is 23.9 Å². The van der Waals surface area contributed by atoms with Crippen LogP contribution in [0.4, 0.5) is 0 Å². The van der Waals surface area contributed by atoms with Crippen LogP contribution in [-0.4, -0.2) is 43.2 Å². The van der Waals surface area contributed by atoms with Gasteiger partial charge in [-0.2, -0.15) is 0 Å². The van der Waals surface area contributed by atoms with Crippen LogP contribution in [0.3, 0.4) is 0 Å². The van der Waals surface area contributed by atoms with Gasteiger partial charge in [0.2, 0.25) is 5.88 Å². The van der Waals surface area contributed by atoms with Crippen LogP contribution in [0.15, 0.2) is 36.4 Å². The third-order valence-corrected chi connectivity index (χ3v) is 4.52. The fraction of sp³-hybridized carbons (Fsp3) is 0.450. The van der Waals surface area contributed by atoms with E-state index in [1.807, 2.05) is 31.2 Å². The van der Waals surface area contributed by atoms with Crippen molar-refractivity contribution in [2.45, 2.75) is 26.2 Å². The molecular formula is C20H26N2O2. The van der Waals surface area contributed by atoms with Gasteiger partial charge in [-0.1, -0.05) is 12.1 Å². The minimum Gasteiger partial charge on any atom is -0.494 e. The highest BCUT2D eigenvalue weighted by Crippen LogP contribution is 2.26. The SMILES string of the molecule is COc1ccc(-c2ccc(OCCCN3CCCC3)cc2)c(C)n1. The van der Waals surface area contributed by atoms with Gasteiger partial charge < -0.3 is 14.4 Å². The Hall–Kier alpha value is -2.07. The molecule has 1 aromatic heterocycles. The first-order chi connectivity index (χ1) is 11.8. The fourth-order valence-electron chi connectivity index (χ4n) is 3.17. The van der Waals surface area contributed by atoms with Gasteiger partial charge in [0.05, 0.1) is 13.7 Å². The minimum absolute atomic E-state index is 0.647. The number of benzene rings is 1. The molecule has 0 spiro atoms. The Kier molecular flexibility index (Phi) is 5.70. The van der Waals surface area contributed by atoms with Gasteiger partial charge in [-0.3, -0.25) is 0 Å². The zero-order valence-corrected chi connectivity index (χ0v) is 14.6. The third-order valence-electron chi connectivity index (χ3n) is 4.52. The number of rotatable bonds is 7. The van der Waals surface area contributed by atoms with Crippen molar-refractivity contribution in [3.63, 3.8) is 0 Å². The molecule has 3 rings (SSSR count). The molecule has 1 aliphatic rings. The number of hydrogen-bond acceptors (Lipinski definition) is 4. The number of hydrogen-bond donors (Lipinski definition) is 0. The van der Waals surface area contributed by atoms with Crippen molar-refractivity contribution in [1.82, 2.24) is 9.88 Å². The first kappa shape index (κ1) is 16.8. The maximum absolute atomic E-state index is 5.86. The normalized spacial score (nSPS) is 14.8. The number of aromatic nitrogens is 1. The number of nitrogens with zero attached hydrogens (tertiary/aromatic N) is 2. The smallest absolute Gasteiger partial charge is 0.213 e. The van der Waals surface area contributed by atoms with E-state index in [1.54, 1.807) is 7.11 Å². The van der Waals surface area contributed by atoms with Gasteiger partial charge in [0.15, 0.2) is 0 Å². The van der Waals surface area contributed by atoms with Gasteiger partial charge in [-0.25, -0.2) is 4.98 Å². The largest absolute Gasteiger partial charge is 0.494 e. The van der Waals surface area contributed by atoms with E-state index in [4.69, 9.17) is 9.47 Å². The van der Waals surface area contributed by atoms with Crippen LogP contribution in [0.2, 0.25) is 0 Å². The molecule has 0 radical (unpaired) electrons. The number of methoxy groups -OCH3 is 1. The number of pyridine rings is 1. The maximum Gasteiger partial charge on any atom is 0.213 e. The Morgan fingerprint density at radius 2 is 1.79 bits per heavy atom. The van der Waals surface area contributed by atoms with Crippen molar-refractivity contribution in [1.29, 1.82) is 0 Å². The third kappa shape index (κ3) is 4.26. The average Bonchev–Trinajstić information content (AvgIpc) is 3.13. The molecule has 128 valence electrons. The van der Waals surface area contributed by atoms with Gasteiger partial charge in [-0.15, -0.1) is 0 Å². The van der Waals surface area contributed by atoms with Crippen molar-refractivity contribution in [2.75, 3.05) is 33.4 Å². The number of likely N-dealkylation sites (tertiary alicyclic amines) is 1. The van der Waals surface area contributed by atoms with Crippen LogP contribution < -0.4 is 9.47 Å².